The molecular formula is C14H20O2. The molecule has 0 amide bonds. The van der Waals surface area contributed by atoms with Gasteiger partial charge in [0.15, 0.2) is 0 Å². The van der Waals surface area contributed by atoms with Crippen LogP contribution < -0.4 is 0 Å². The van der Waals surface area contributed by atoms with Gasteiger partial charge < -0.3 is 5.11 Å². The van der Waals surface area contributed by atoms with E-state index in [0.29, 0.717) is 5.92 Å². The van der Waals surface area contributed by atoms with E-state index in [2.05, 4.69) is 19.9 Å². The zero-order chi connectivity index (χ0) is 12.1. The number of hydrogen-bond donors (Lipinski definition) is 1. The second-order valence-electron chi connectivity index (χ2n) is 4.20. The van der Waals surface area contributed by atoms with Crippen molar-refractivity contribution in [2.45, 2.75) is 45.4 Å². The molecule has 1 aromatic rings. The van der Waals surface area contributed by atoms with Crippen molar-refractivity contribution in [3.63, 3.8) is 0 Å². The molecule has 0 radical (unpaired) electrons. The van der Waals surface area contributed by atoms with Gasteiger partial charge in [0.05, 0.1) is 5.92 Å². The number of carboxylic acid groups (broad SMARTS) is 1. The number of carbonyl (C=O) groups is 1. The maximum atomic E-state index is 11.1. The number of carboxylic acids is 1. The highest BCUT2D eigenvalue weighted by atomic mass is 16.4. The summed E-state index contributed by atoms with van der Waals surface area (Å²) >= 11 is 0. The Morgan fingerprint density at radius 2 is 1.69 bits per heavy atom. The summed E-state index contributed by atoms with van der Waals surface area (Å²) in [7, 11) is 0. The van der Waals surface area contributed by atoms with Gasteiger partial charge in [0, 0.05) is 0 Å². The monoisotopic (exact) mass is 220 g/mol. The molecule has 0 saturated carbocycles. The maximum absolute atomic E-state index is 11.1. The molecule has 2 heteroatoms. The van der Waals surface area contributed by atoms with Gasteiger partial charge in [0.25, 0.3) is 0 Å². The van der Waals surface area contributed by atoms with Crippen molar-refractivity contribution in [1.29, 1.82) is 0 Å². The second-order valence-corrected chi connectivity index (χ2v) is 4.20. The third-order valence-corrected chi connectivity index (χ3v) is 3.26. The molecule has 0 bridgehead atoms. The van der Waals surface area contributed by atoms with Crippen molar-refractivity contribution in [2.75, 3.05) is 0 Å². The summed E-state index contributed by atoms with van der Waals surface area (Å²) < 4.78 is 0. The molecule has 1 atom stereocenters. The molecule has 0 spiro atoms. The van der Waals surface area contributed by atoms with E-state index < -0.39 is 11.9 Å². The minimum atomic E-state index is -0.751. The SMILES string of the molecule is CCC(CC)c1ccccc1C(C)C(=O)O. The normalized spacial score (nSPS) is 12.8. The predicted octanol–water partition coefficient (Wildman–Crippen LogP) is 3.78. The Kier molecular flexibility index (Phi) is 4.53. The average molecular weight is 220 g/mol. The van der Waals surface area contributed by atoms with E-state index in [0.717, 1.165) is 18.4 Å². The maximum Gasteiger partial charge on any atom is 0.310 e. The fourth-order valence-corrected chi connectivity index (χ4v) is 2.14. The first-order chi connectivity index (χ1) is 7.61. The number of rotatable bonds is 5. The fourth-order valence-electron chi connectivity index (χ4n) is 2.14. The molecule has 0 aromatic heterocycles. The topological polar surface area (TPSA) is 37.3 Å². The van der Waals surface area contributed by atoms with Crippen LogP contribution in [0, 0.1) is 0 Å². The standard InChI is InChI=1S/C14H20O2/c1-4-11(5-2)13-9-7-6-8-12(13)10(3)14(15)16/h6-11H,4-5H2,1-3H3,(H,15,16). The highest BCUT2D eigenvalue weighted by Gasteiger charge is 2.20. The summed E-state index contributed by atoms with van der Waals surface area (Å²) in [6, 6.07) is 7.91. The molecular weight excluding hydrogens is 200 g/mol. The fraction of sp³-hybridized carbons (Fsp3) is 0.500. The van der Waals surface area contributed by atoms with Crippen molar-refractivity contribution in [2.24, 2.45) is 0 Å². The highest BCUT2D eigenvalue weighted by molar-refractivity contribution is 5.76. The van der Waals surface area contributed by atoms with E-state index in [1.807, 2.05) is 18.2 Å². The van der Waals surface area contributed by atoms with Crippen molar-refractivity contribution in [1.82, 2.24) is 0 Å². The molecule has 0 heterocycles. The molecule has 16 heavy (non-hydrogen) atoms. The summed E-state index contributed by atoms with van der Waals surface area (Å²) in [4.78, 5) is 11.1. The molecule has 0 fully saturated rings. The summed E-state index contributed by atoms with van der Waals surface area (Å²) in [5.74, 6) is -0.701. The average Bonchev–Trinajstić information content (AvgIpc) is 2.30. The van der Waals surface area contributed by atoms with Gasteiger partial charge >= 0.3 is 5.97 Å². The first-order valence-electron chi connectivity index (χ1n) is 5.93. The number of hydrogen-bond acceptors (Lipinski definition) is 1. The lowest BCUT2D eigenvalue weighted by Crippen LogP contribution is -2.11. The molecule has 0 aliphatic rings. The van der Waals surface area contributed by atoms with Crippen LogP contribution in [-0.4, -0.2) is 11.1 Å². The Balaban J connectivity index is 3.13. The molecule has 0 aliphatic carbocycles. The lowest BCUT2D eigenvalue weighted by molar-refractivity contribution is -0.138. The lowest BCUT2D eigenvalue weighted by atomic mass is 9.85. The van der Waals surface area contributed by atoms with Crippen molar-refractivity contribution >= 4 is 5.97 Å². The molecule has 1 N–H and O–H groups in total. The van der Waals surface area contributed by atoms with Gasteiger partial charge in [0.2, 0.25) is 0 Å². The third-order valence-electron chi connectivity index (χ3n) is 3.26. The van der Waals surface area contributed by atoms with Crippen LogP contribution >= 0.6 is 0 Å². The second kappa shape index (κ2) is 5.69. The minimum Gasteiger partial charge on any atom is -0.481 e. The summed E-state index contributed by atoms with van der Waals surface area (Å²) in [5.41, 5.74) is 2.16. The Hall–Kier alpha value is -1.31. The molecule has 1 aromatic carbocycles. The Morgan fingerprint density at radius 1 is 1.19 bits per heavy atom. The van der Waals surface area contributed by atoms with Crippen LogP contribution in [0.4, 0.5) is 0 Å². The van der Waals surface area contributed by atoms with Crippen LogP contribution in [0.3, 0.4) is 0 Å². The first-order valence-corrected chi connectivity index (χ1v) is 5.93. The Labute approximate surface area is 97.3 Å². The van der Waals surface area contributed by atoms with E-state index >= 15 is 0 Å². The van der Waals surface area contributed by atoms with Gasteiger partial charge in [-0.25, -0.2) is 0 Å². The number of aliphatic carboxylic acids is 1. The number of benzene rings is 1. The van der Waals surface area contributed by atoms with Crippen molar-refractivity contribution in [3.05, 3.63) is 35.4 Å². The molecule has 0 aliphatic heterocycles. The van der Waals surface area contributed by atoms with Crippen LogP contribution in [0.5, 0.6) is 0 Å². The van der Waals surface area contributed by atoms with Gasteiger partial charge in [-0.1, -0.05) is 38.1 Å². The largest absolute Gasteiger partial charge is 0.481 e. The van der Waals surface area contributed by atoms with Crippen LogP contribution in [-0.2, 0) is 4.79 Å². The van der Waals surface area contributed by atoms with Gasteiger partial charge in [-0.3, -0.25) is 4.79 Å². The van der Waals surface area contributed by atoms with Gasteiger partial charge in [-0.2, -0.15) is 0 Å². The molecule has 88 valence electrons. The van der Waals surface area contributed by atoms with Gasteiger partial charge in [-0.05, 0) is 36.8 Å². The zero-order valence-electron chi connectivity index (χ0n) is 10.2. The van der Waals surface area contributed by atoms with Crippen LogP contribution in [0.1, 0.15) is 56.6 Å². The third kappa shape index (κ3) is 2.63. The van der Waals surface area contributed by atoms with Gasteiger partial charge in [-0.15, -0.1) is 0 Å². The molecule has 0 saturated heterocycles. The van der Waals surface area contributed by atoms with Crippen LogP contribution in [0.15, 0.2) is 24.3 Å². The van der Waals surface area contributed by atoms with Crippen molar-refractivity contribution in [3.8, 4) is 0 Å². The van der Waals surface area contributed by atoms with Crippen LogP contribution in [0.25, 0.3) is 0 Å². The van der Waals surface area contributed by atoms with Gasteiger partial charge in [0.1, 0.15) is 0 Å². The first kappa shape index (κ1) is 12.8. The molecule has 1 unspecified atom stereocenters. The lowest BCUT2D eigenvalue weighted by Gasteiger charge is -2.19. The quantitative estimate of drug-likeness (QED) is 0.820. The minimum absolute atomic E-state index is 0.420. The van der Waals surface area contributed by atoms with E-state index in [1.54, 1.807) is 6.92 Å². The smallest absolute Gasteiger partial charge is 0.310 e. The Bertz CT molecular complexity index is 354. The predicted molar refractivity (Wildman–Crippen MR) is 65.8 cm³/mol. The van der Waals surface area contributed by atoms with Crippen LogP contribution in [0.2, 0.25) is 0 Å². The Morgan fingerprint density at radius 3 is 2.12 bits per heavy atom. The zero-order valence-corrected chi connectivity index (χ0v) is 10.2. The van der Waals surface area contributed by atoms with E-state index in [1.165, 1.54) is 5.56 Å². The summed E-state index contributed by atoms with van der Waals surface area (Å²) in [5, 5.41) is 9.09. The molecule has 2 nitrogen and oxygen atoms in total. The molecule has 1 rings (SSSR count). The van der Waals surface area contributed by atoms with E-state index in [9.17, 15) is 4.79 Å². The van der Waals surface area contributed by atoms with Crippen molar-refractivity contribution < 1.29 is 9.90 Å². The summed E-state index contributed by atoms with van der Waals surface area (Å²) in [6.45, 7) is 6.05. The highest BCUT2D eigenvalue weighted by Crippen LogP contribution is 2.30. The summed E-state index contributed by atoms with van der Waals surface area (Å²) in [6.07, 6.45) is 2.11. The van der Waals surface area contributed by atoms with E-state index in [-0.39, 0.29) is 0 Å². The van der Waals surface area contributed by atoms with E-state index in [4.69, 9.17) is 5.11 Å².